The molecular formula is C21H19BrN6OS. The minimum atomic E-state index is -0.221. The molecule has 0 radical (unpaired) electrons. The largest absolute Gasteiger partial charge is 0.330 e. The Morgan fingerprint density at radius 2 is 1.87 bits per heavy atom. The second kappa shape index (κ2) is 8.53. The van der Waals surface area contributed by atoms with E-state index in [-0.39, 0.29) is 5.91 Å². The molecule has 0 saturated heterocycles. The first-order valence-corrected chi connectivity index (χ1v) is 11.0. The van der Waals surface area contributed by atoms with Crippen molar-refractivity contribution in [3.05, 3.63) is 70.0 Å². The Bertz CT molecular complexity index is 1240. The fourth-order valence-electron chi connectivity index (χ4n) is 3.08. The molecule has 3 aromatic heterocycles. The number of nitrogens with zero attached hydrogens (tertiary/aromatic N) is 5. The van der Waals surface area contributed by atoms with Crippen LogP contribution in [0.3, 0.4) is 0 Å². The number of nitrogens with one attached hydrogen (secondary N) is 1. The lowest BCUT2D eigenvalue weighted by Gasteiger charge is -2.06. The molecular weight excluding hydrogens is 464 g/mol. The van der Waals surface area contributed by atoms with Gasteiger partial charge in [-0.05, 0) is 60.1 Å². The molecule has 0 unspecified atom stereocenters. The number of aryl methyl sites for hydroxylation is 3. The minimum Gasteiger partial charge on any atom is -0.330 e. The van der Waals surface area contributed by atoms with Gasteiger partial charge >= 0.3 is 0 Å². The van der Waals surface area contributed by atoms with Gasteiger partial charge in [0.1, 0.15) is 5.82 Å². The highest BCUT2D eigenvalue weighted by Gasteiger charge is 2.12. The Morgan fingerprint density at radius 1 is 1.10 bits per heavy atom. The quantitative estimate of drug-likeness (QED) is 0.328. The fraction of sp³-hybridized carbons (Fsp3) is 0.190. The van der Waals surface area contributed by atoms with Gasteiger partial charge in [0.25, 0.3) is 5.91 Å². The summed E-state index contributed by atoms with van der Waals surface area (Å²) in [6.07, 6.45) is 3.17. The Morgan fingerprint density at radius 3 is 2.60 bits per heavy atom. The van der Waals surface area contributed by atoms with Gasteiger partial charge in [-0.3, -0.25) is 9.78 Å². The smallest absolute Gasteiger partial charge is 0.257 e. The number of imidazole rings is 1. The van der Waals surface area contributed by atoms with E-state index in [1.165, 1.54) is 6.20 Å². The van der Waals surface area contributed by atoms with Crippen LogP contribution in [-0.2, 0) is 12.8 Å². The van der Waals surface area contributed by atoms with Crippen molar-refractivity contribution in [1.29, 1.82) is 0 Å². The molecule has 0 spiro atoms. The molecule has 7 nitrogen and oxygen atoms in total. The standard InChI is InChI=1S/C21H19BrN6OS/c1-12-6-13(2)25-21(24-12)30-11-19-27-17-8-16(4-5-18(17)28(19)3)26-20(29)14-7-15(22)10-23-9-14/h4-10H,11H2,1-3H3,(H,26,29). The van der Waals surface area contributed by atoms with Crippen molar-refractivity contribution in [2.24, 2.45) is 7.05 Å². The predicted molar refractivity (Wildman–Crippen MR) is 122 cm³/mol. The Hall–Kier alpha value is -2.78. The summed E-state index contributed by atoms with van der Waals surface area (Å²) in [6.45, 7) is 3.93. The Kier molecular flexibility index (Phi) is 5.83. The zero-order valence-corrected chi connectivity index (χ0v) is 19.1. The number of carbonyl (C=O) groups is 1. The number of rotatable bonds is 5. The lowest BCUT2D eigenvalue weighted by Crippen LogP contribution is -2.12. The van der Waals surface area contributed by atoms with Gasteiger partial charge in [0.05, 0.1) is 22.3 Å². The van der Waals surface area contributed by atoms with E-state index < -0.39 is 0 Å². The van der Waals surface area contributed by atoms with Gasteiger partial charge in [-0.1, -0.05) is 11.8 Å². The van der Waals surface area contributed by atoms with Crippen LogP contribution < -0.4 is 5.32 Å². The molecule has 0 atom stereocenters. The summed E-state index contributed by atoms with van der Waals surface area (Å²) >= 11 is 4.89. The second-order valence-corrected chi connectivity index (χ2v) is 8.72. The molecule has 0 aliphatic heterocycles. The maximum Gasteiger partial charge on any atom is 0.257 e. The van der Waals surface area contributed by atoms with Crippen LogP contribution in [0.5, 0.6) is 0 Å². The van der Waals surface area contributed by atoms with Gasteiger partial charge in [0.15, 0.2) is 5.16 Å². The van der Waals surface area contributed by atoms with Crippen molar-refractivity contribution in [1.82, 2.24) is 24.5 Å². The van der Waals surface area contributed by atoms with E-state index in [1.54, 1.807) is 24.0 Å². The van der Waals surface area contributed by atoms with E-state index in [4.69, 9.17) is 4.98 Å². The lowest BCUT2D eigenvalue weighted by molar-refractivity contribution is 0.102. The number of thioether (sulfide) groups is 1. The van der Waals surface area contributed by atoms with Crippen LogP contribution in [0.15, 0.2) is 52.4 Å². The molecule has 0 aliphatic rings. The highest BCUT2D eigenvalue weighted by Crippen LogP contribution is 2.25. The first-order chi connectivity index (χ1) is 14.4. The normalized spacial score (nSPS) is 11.1. The number of hydrogen-bond donors (Lipinski definition) is 1. The number of pyridine rings is 1. The molecule has 0 bridgehead atoms. The minimum absolute atomic E-state index is 0.221. The summed E-state index contributed by atoms with van der Waals surface area (Å²) in [5.41, 5.74) is 4.89. The second-order valence-electron chi connectivity index (χ2n) is 6.86. The van der Waals surface area contributed by atoms with Crippen LogP contribution in [0.4, 0.5) is 5.69 Å². The van der Waals surface area contributed by atoms with Crippen LogP contribution in [0.25, 0.3) is 11.0 Å². The summed E-state index contributed by atoms with van der Waals surface area (Å²) in [5, 5.41) is 3.65. The topological polar surface area (TPSA) is 85.6 Å². The van der Waals surface area contributed by atoms with Gasteiger partial charge in [-0.15, -0.1) is 0 Å². The molecule has 1 aromatic carbocycles. The molecule has 0 fully saturated rings. The van der Waals surface area contributed by atoms with Crippen LogP contribution in [0.1, 0.15) is 27.6 Å². The first kappa shape index (κ1) is 20.5. The van der Waals surface area contributed by atoms with E-state index in [9.17, 15) is 4.79 Å². The maximum atomic E-state index is 12.5. The Labute approximate surface area is 186 Å². The molecule has 152 valence electrons. The molecule has 9 heteroatoms. The van der Waals surface area contributed by atoms with Gasteiger partial charge in [0, 0.05) is 41.0 Å². The zero-order valence-electron chi connectivity index (χ0n) is 16.7. The SMILES string of the molecule is Cc1cc(C)nc(SCc2nc3cc(NC(=O)c4cncc(Br)c4)ccc3n2C)n1. The van der Waals surface area contributed by atoms with Crippen LogP contribution >= 0.6 is 27.7 Å². The third-order valence-corrected chi connectivity index (χ3v) is 5.77. The molecule has 0 aliphatic carbocycles. The number of fused-ring (bicyclic) bond motifs is 1. The van der Waals surface area contributed by atoms with Crippen molar-refractivity contribution < 1.29 is 4.79 Å². The maximum absolute atomic E-state index is 12.5. The summed E-state index contributed by atoms with van der Waals surface area (Å²) in [7, 11) is 1.99. The third kappa shape index (κ3) is 4.52. The van der Waals surface area contributed by atoms with Crippen LogP contribution in [0.2, 0.25) is 0 Å². The molecule has 4 rings (SSSR count). The molecule has 1 N–H and O–H groups in total. The van der Waals surface area contributed by atoms with Gasteiger partial charge < -0.3 is 9.88 Å². The van der Waals surface area contributed by atoms with E-state index in [0.717, 1.165) is 37.9 Å². The highest BCUT2D eigenvalue weighted by atomic mass is 79.9. The average molecular weight is 483 g/mol. The average Bonchev–Trinajstić information content (AvgIpc) is 3.01. The predicted octanol–water partition coefficient (Wildman–Crippen LogP) is 4.68. The summed E-state index contributed by atoms with van der Waals surface area (Å²) in [6, 6.07) is 9.39. The van der Waals surface area contributed by atoms with Crippen molar-refractivity contribution in [2.45, 2.75) is 24.8 Å². The van der Waals surface area contributed by atoms with Crippen LogP contribution in [-0.4, -0.2) is 30.4 Å². The third-order valence-electron chi connectivity index (χ3n) is 4.49. The van der Waals surface area contributed by atoms with E-state index in [0.29, 0.717) is 17.0 Å². The molecule has 0 saturated carbocycles. The first-order valence-electron chi connectivity index (χ1n) is 9.21. The monoisotopic (exact) mass is 482 g/mol. The van der Waals surface area contributed by atoms with Gasteiger partial charge in [-0.2, -0.15) is 0 Å². The number of halogens is 1. The number of carbonyl (C=O) groups excluding carboxylic acids is 1. The van der Waals surface area contributed by atoms with E-state index in [2.05, 4.69) is 40.8 Å². The van der Waals surface area contributed by atoms with E-state index >= 15 is 0 Å². The Balaban J connectivity index is 1.53. The highest BCUT2D eigenvalue weighted by molar-refractivity contribution is 9.10. The van der Waals surface area contributed by atoms with Crippen LogP contribution in [0, 0.1) is 13.8 Å². The van der Waals surface area contributed by atoms with Crippen molar-refractivity contribution in [2.75, 3.05) is 5.32 Å². The molecule has 30 heavy (non-hydrogen) atoms. The molecule has 4 aromatic rings. The summed E-state index contributed by atoms with van der Waals surface area (Å²) in [4.78, 5) is 30.2. The van der Waals surface area contributed by atoms with Gasteiger partial charge in [0.2, 0.25) is 0 Å². The number of anilines is 1. The van der Waals surface area contributed by atoms with Crippen molar-refractivity contribution >= 4 is 50.3 Å². The van der Waals surface area contributed by atoms with Crippen molar-refractivity contribution in [3.63, 3.8) is 0 Å². The zero-order chi connectivity index (χ0) is 21.3. The van der Waals surface area contributed by atoms with E-state index in [1.807, 2.05) is 45.2 Å². The fourth-order valence-corrected chi connectivity index (χ4v) is 4.38. The molecule has 3 heterocycles. The number of amides is 1. The number of benzene rings is 1. The lowest BCUT2D eigenvalue weighted by atomic mass is 10.2. The molecule has 1 amide bonds. The summed E-state index contributed by atoms with van der Waals surface area (Å²) < 4.78 is 2.81. The number of hydrogen-bond acceptors (Lipinski definition) is 6. The van der Waals surface area contributed by atoms with Gasteiger partial charge in [-0.25, -0.2) is 15.0 Å². The number of aromatic nitrogens is 5. The van der Waals surface area contributed by atoms with Crippen molar-refractivity contribution in [3.8, 4) is 0 Å². The summed E-state index contributed by atoms with van der Waals surface area (Å²) in [5.74, 6) is 1.35.